The first-order valence-electron chi connectivity index (χ1n) is 5.39. The number of nitrogens with zero attached hydrogens (tertiary/aromatic N) is 4. The molecular weight excluding hydrogens is 250 g/mol. The summed E-state index contributed by atoms with van der Waals surface area (Å²) in [5, 5.41) is 6.65. The molecule has 8 heteroatoms. The molecule has 19 heavy (non-hydrogen) atoms. The minimum atomic E-state index is -0.348. The molecule has 2 aromatic rings. The van der Waals surface area contributed by atoms with Crippen LogP contribution in [0.15, 0.2) is 18.6 Å². The maximum Gasteiger partial charge on any atom is 0.316 e. The summed E-state index contributed by atoms with van der Waals surface area (Å²) in [7, 11) is 4.62. The highest BCUT2D eigenvalue weighted by Crippen LogP contribution is 2.17. The molecule has 100 valence electrons. The molecule has 0 fully saturated rings. The molecule has 2 heterocycles. The second kappa shape index (κ2) is 5.34. The highest BCUT2D eigenvalue weighted by Gasteiger charge is 2.16. The van der Waals surface area contributed by atoms with Gasteiger partial charge in [0.05, 0.1) is 32.3 Å². The first kappa shape index (κ1) is 12.8. The lowest BCUT2D eigenvalue weighted by atomic mass is 10.3. The Kier molecular flexibility index (Phi) is 3.60. The van der Waals surface area contributed by atoms with Gasteiger partial charge in [-0.3, -0.25) is 9.48 Å². The molecule has 0 bridgehead atoms. The summed E-state index contributed by atoms with van der Waals surface area (Å²) < 4.78 is 11.3. The maximum absolute atomic E-state index is 12.0. The molecule has 0 aromatic carbocycles. The van der Waals surface area contributed by atoms with Crippen molar-refractivity contribution in [3.05, 3.63) is 24.2 Å². The van der Waals surface area contributed by atoms with Gasteiger partial charge in [-0.15, -0.1) is 5.10 Å². The molecule has 2 aromatic heterocycles. The van der Waals surface area contributed by atoms with E-state index in [-0.39, 0.29) is 17.8 Å². The predicted octanol–water partition coefficient (Wildman–Crippen LogP) is 0.480. The third-order valence-electron chi connectivity index (χ3n) is 2.30. The van der Waals surface area contributed by atoms with Gasteiger partial charge in [-0.05, 0) is 0 Å². The third kappa shape index (κ3) is 2.79. The zero-order chi connectivity index (χ0) is 13.8. The van der Waals surface area contributed by atoms with E-state index in [1.807, 2.05) is 0 Å². The van der Waals surface area contributed by atoms with E-state index in [1.165, 1.54) is 31.3 Å². The first-order chi connectivity index (χ1) is 9.13. The largest absolute Gasteiger partial charge is 0.479 e. The molecule has 0 spiro atoms. The zero-order valence-corrected chi connectivity index (χ0v) is 10.7. The average molecular weight is 263 g/mol. The van der Waals surface area contributed by atoms with Crippen LogP contribution in [0, 0.1) is 0 Å². The normalized spacial score (nSPS) is 10.1. The molecule has 0 aliphatic carbocycles. The Morgan fingerprint density at radius 3 is 2.53 bits per heavy atom. The van der Waals surface area contributed by atoms with Crippen LogP contribution in [0.25, 0.3) is 0 Å². The van der Waals surface area contributed by atoms with E-state index in [0.29, 0.717) is 11.3 Å². The van der Waals surface area contributed by atoms with Crippen LogP contribution in [-0.2, 0) is 7.05 Å². The monoisotopic (exact) mass is 263 g/mol. The number of aryl methyl sites for hydroxylation is 1. The summed E-state index contributed by atoms with van der Waals surface area (Å²) in [5.41, 5.74) is 0.789. The standard InChI is InChI=1S/C11H13N5O3/c1-16-6-8(10(15-16)18-2)9(17)14-7-4-12-11(19-3)13-5-7/h4-6H,1-3H3,(H,14,17). The molecule has 0 saturated heterocycles. The van der Waals surface area contributed by atoms with Gasteiger partial charge in [-0.2, -0.15) is 0 Å². The zero-order valence-electron chi connectivity index (χ0n) is 10.7. The Hall–Kier alpha value is -2.64. The lowest BCUT2D eigenvalue weighted by molar-refractivity contribution is 0.102. The lowest BCUT2D eigenvalue weighted by Crippen LogP contribution is -2.12. The quantitative estimate of drug-likeness (QED) is 0.862. The number of rotatable bonds is 4. The van der Waals surface area contributed by atoms with Crippen LogP contribution in [0.4, 0.5) is 5.69 Å². The summed E-state index contributed by atoms with van der Waals surface area (Å²) in [6.07, 6.45) is 4.47. The number of anilines is 1. The molecule has 8 nitrogen and oxygen atoms in total. The molecule has 0 aliphatic rings. The van der Waals surface area contributed by atoms with E-state index in [0.717, 1.165) is 0 Å². The number of carbonyl (C=O) groups excluding carboxylic acids is 1. The van der Waals surface area contributed by atoms with Crippen LogP contribution in [0.5, 0.6) is 11.9 Å². The van der Waals surface area contributed by atoms with Gasteiger partial charge in [0.2, 0.25) is 5.88 Å². The van der Waals surface area contributed by atoms with E-state index in [9.17, 15) is 4.79 Å². The topological polar surface area (TPSA) is 91.2 Å². The van der Waals surface area contributed by atoms with Crippen LogP contribution in [0.1, 0.15) is 10.4 Å². The summed E-state index contributed by atoms with van der Waals surface area (Å²) in [5.74, 6) is -0.0897. The number of hydrogen-bond donors (Lipinski definition) is 1. The SMILES string of the molecule is COc1ncc(NC(=O)c2cn(C)nc2OC)cn1. The average Bonchev–Trinajstić information content (AvgIpc) is 2.81. The Morgan fingerprint density at radius 2 is 1.95 bits per heavy atom. The fourth-order valence-corrected chi connectivity index (χ4v) is 1.46. The van der Waals surface area contributed by atoms with Gasteiger partial charge in [0, 0.05) is 13.2 Å². The number of hydrogen-bond acceptors (Lipinski definition) is 6. The van der Waals surface area contributed by atoms with E-state index in [4.69, 9.17) is 9.47 Å². The number of aromatic nitrogens is 4. The van der Waals surface area contributed by atoms with Crippen molar-refractivity contribution in [2.45, 2.75) is 0 Å². The van der Waals surface area contributed by atoms with Crippen molar-refractivity contribution in [3.8, 4) is 11.9 Å². The summed E-state index contributed by atoms with van der Waals surface area (Å²) >= 11 is 0. The number of methoxy groups -OCH3 is 2. The lowest BCUT2D eigenvalue weighted by Gasteiger charge is -2.04. The van der Waals surface area contributed by atoms with Crippen molar-refractivity contribution in [3.63, 3.8) is 0 Å². The highest BCUT2D eigenvalue weighted by atomic mass is 16.5. The van der Waals surface area contributed by atoms with Crippen molar-refractivity contribution < 1.29 is 14.3 Å². The van der Waals surface area contributed by atoms with Crippen molar-refractivity contribution in [2.24, 2.45) is 7.05 Å². The Bertz CT molecular complexity index is 579. The van der Waals surface area contributed by atoms with Gasteiger partial charge in [0.1, 0.15) is 5.56 Å². The molecule has 2 rings (SSSR count). The summed E-state index contributed by atoms with van der Waals surface area (Å²) in [4.78, 5) is 19.8. The van der Waals surface area contributed by atoms with Crippen LogP contribution in [0.3, 0.4) is 0 Å². The van der Waals surface area contributed by atoms with E-state index in [2.05, 4.69) is 20.4 Å². The fourth-order valence-electron chi connectivity index (χ4n) is 1.46. The van der Waals surface area contributed by atoms with Crippen LogP contribution in [-0.4, -0.2) is 39.9 Å². The van der Waals surface area contributed by atoms with Gasteiger partial charge in [-0.25, -0.2) is 9.97 Å². The Labute approximate surface area is 109 Å². The van der Waals surface area contributed by atoms with Crippen molar-refractivity contribution in [1.82, 2.24) is 19.7 Å². The van der Waals surface area contributed by atoms with Gasteiger partial charge >= 0.3 is 6.01 Å². The molecule has 0 unspecified atom stereocenters. The second-order valence-corrected chi connectivity index (χ2v) is 3.64. The number of amides is 1. The Morgan fingerprint density at radius 1 is 1.26 bits per heavy atom. The van der Waals surface area contributed by atoms with Crippen molar-refractivity contribution in [1.29, 1.82) is 0 Å². The molecule has 1 amide bonds. The highest BCUT2D eigenvalue weighted by molar-refractivity contribution is 6.05. The van der Waals surface area contributed by atoms with Gasteiger partial charge in [-0.1, -0.05) is 0 Å². The number of nitrogens with one attached hydrogen (secondary N) is 1. The molecule has 0 atom stereocenters. The molecule has 1 N–H and O–H groups in total. The number of ether oxygens (including phenoxy) is 2. The molecule has 0 aliphatic heterocycles. The first-order valence-corrected chi connectivity index (χ1v) is 5.39. The minimum Gasteiger partial charge on any atom is -0.479 e. The van der Waals surface area contributed by atoms with E-state index < -0.39 is 0 Å². The van der Waals surface area contributed by atoms with Gasteiger partial charge < -0.3 is 14.8 Å². The molecular formula is C11H13N5O3. The smallest absolute Gasteiger partial charge is 0.316 e. The fraction of sp³-hybridized carbons (Fsp3) is 0.273. The van der Waals surface area contributed by atoms with E-state index in [1.54, 1.807) is 13.2 Å². The minimum absolute atomic E-state index is 0.233. The van der Waals surface area contributed by atoms with E-state index >= 15 is 0 Å². The van der Waals surface area contributed by atoms with Gasteiger partial charge in [0.25, 0.3) is 5.91 Å². The van der Waals surface area contributed by atoms with Crippen LogP contribution < -0.4 is 14.8 Å². The molecule has 0 radical (unpaired) electrons. The van der Waals surface area contributed by atoms with Crippen LogP contribution >= 0.6 is 0 Å². The van der Waals surface area contributed by atoms with Crippen molar-refractivity contribution in [2.75, 3.05) is 19.5 Å². The number of carbonyl (C=O) groups is 1. The second-order valence-electron chi connectivity index (χ2n) is 3.64. The third-order valence-corrected chi connectivity index (χ3v) is 2.30. The molecule has 0 saturated carbocycles. The maximum atomic E-state index is 12.0. The van der Waals surface area contributed by atoms with Crippen LogP contribution in [0.2, 0.25) is 0 Å². The Balaban J connectivity index is 2.15. The summed E-state index contributed by atoms with van der Waals surface area (Å²) in [6, 6.07) is 0.233. The van der Waals surface area contributed by atoms with Gasteiger partial charge in [0.15, 0.2) is 0 Å². The summed E-state index contributed by atoms with van der Waals surface area (Å²) in [6.45, 7) is 0. The van der Waals surface area contributed by atoms with Crippen molar-refractivity contribution >= 4 is 11.6 Å². The predicted molar refractivity (Wildman–Crippen MR) is 66.3 cm³/mol.